The normalized spacial score (nSPS) is 23.4. The quantitative estimate of drug-likeness (QED) is 0.566. The van der Waals surface area contributed by atoms with E-state index in [9.17, 15) is 4.79 Å². The molecule has 4 N–H and O–H groups in total. The van der Waals surface area contributed by atoms with E-state index in [1.54, 1.807) is 0 Å². The first-order valence-corrected chi connectivity index (χ1v) is 4.54. The zero-order valence-electron chi connectivity index (χ0n) is 8.29. The minimum Gasteiger partial charge on any atom is -0.378 e. The summed E-state index contributed by atoms with van der Waals surface area (Å²) < 4.78 is 5.16. The van der Waals surface area contributed by atoms with Gasteiger partial charge in [0.05, 0.1) is 13.2 Å². The van der Waals surface area contributed by atoms with Crippen LogP contribution < -0.4 is 16.4 Å². The Bertz CT molecular complexity index is 172. The molecule has 0 spiro atoms. The van der Waals surface area contributed by atoms with Crippen molar-refractivity contribution in [3.8, 4) is 0 Å². The van der Waals surface area contributed by atoms with Crippen LogP contribution in [-0.2, 0) is 9.53 Å². The summed E-state index contributed by atoms with van der Waals surface area (Å²) in [5.74, 6) is -0.0306. The molecule has 1 amide bonds. The molecule has 0 aromatic heterocycles. The fourth-order valence-corrected chi connectivity index (χ4v) is 1.12. The predicted octanol–water partition coefficient (Wildman–Crippen LogP) is -1.14. The molecule has 0 aromatic rings. The molecule has 1 aliphatic rings. The summed E-state index contributed by atoms with van der Waals surface area (Å²) in [6, 6.07) is -0.221. The van der Waals surface area contributed by atoms with Gasteiger partial charge in [-0.3, -0.25) is 4.79 Å². The van der Waals surface area contributed by atoms with E-state index < -0.39 is 0 Å². The van der Waals surface area contributed by atoms with Crippen molar-refractivity contribution in [2.45, 2.75) is 19.0 Å². The van der Waals surface area contributed by atoms with Gasteiger partial charge in [-0.2, -0.15) is 0 Å². The molecule has 5 nitrogen and oxygen atoms in total. The fourth-order valence-electron chi connectivity index (χ4n) is 1.12. The summed E-state index contributed by atoms with van der Waals surface area (Å²) in [5, 5.41) is 5.81. The van der Waals surface area contributed by atoms with E-state index in [1.165, 1.54) is 0 Å². The van der Waals surface area contributed by atoms with Crippen LogP contribution in [0, 0.1) is 0 Å². The lowest BCUT2D eigenvalue weighted by Crippen LogP contribution is -2.52. The van der Waals surface area contributed by atoms with Crippen LogP contribution >= 0.6 is 12.4 Å². The molecular weight excluding hydrogens is 206 g/mol. The summed E-state index contributed by atoms with van der Waals surface area (Å²) >= 11 is 0. The second kappa shape index (κ2) is 7.00. The minimum absolute atomic E-state index is 0. The lowest BCUT2D eigenvalue weighted by Gasteiger charge is -2.23. The van der Waals surface area contributed by atoms with Gasteiger partial charge in [-0.15, -0.1) is 12.4 Å². The van der Waals surface area contributed by atoms with Crippen LogP contribution in [0.3, 0.4) is 0 Å². The van der Waals surface area contributed by atoms with Crippen LogP contribution in [0.2, 0.25) is 0 Å². The summed E-state index contributed by atoms with van der Waals surface area (Å²) in [6.07, 6.45) is 0. The van der Waals surface area contributed by atoms with Crippen molar-refractivity contribution in [1.82, 2.24) is 10.6 Å². The van der Waals surface area contributed by atoms with E-state index in [0.29, 0.717) is 19.8 Å². The van der Waals surface area contributed by atoms with E-state index in [1.807, 2.05) is 6.92 Å². The van der Waals surface area contributed by atoms with Gasteiger partial charge in [-0.05, 0) is 6.92 Å². The molecule has 1 saturated heterocycles. The highest BCUT2D eigenvalue weighted by Gasteiger charge is 2.20. The van der Waals surface area contributed by atoms with E-state index in [0.717, 1.165) is 6.54 Å². The van der Waals surface area contributed by atoms with E-state index in [2.05, 4.69) is 10.6 Å². The van der Waals surface area contributed by atoms with Crippen LogP contribution in [0.5, 0.6) is 0 Å². The van der Waals surface area contributed by atoms with Crippen molar-refractivity contribution in [2.75, 3.05) is 26.3 Å². The SMILES string of the molecule is CC(N)CNC(=O)C1COCCN1.Cl. The first-order valence-electron chi connectivity index (χ1n) is 4.54. The first kappa shape index (κ1) is 13.6. The van der Waals surface area contributed by atoms with Gasteiger partial charge in [-0.1, -0.05) is 0 Å². The number of nitrogens with one attached hydrogen (secondary N) is 2. The Labute approximate surface area is 90.2 Å². The molecule has 1 rings (SSSR count). The summed E-state index contributed by atoms with van der Waals surface area (Å²) in [4.78, 5) is 11.4. The van der Waals surface area contributed by atoms with Crippen molar-refractivity contribution in [2.24, 2.45) is 5.73 Å². The molecule has 84 valence electrons. The van der Waals surface area contributed by atoms with Gasteiger partial charge in [0.2, 0.25) is 5.91 Å². The number of nitrogens with two attached hydrogens (primary N) is 1. The zero-order chi connectivity index (χ0) is 9.68. The Morgan fingerprint density at radius 3 is 3.00 bits per heavy atom. The molecule has 0 saturated carbocycles. The number of carbonyl (C=O) groups is 1. The maximum atomic E-state index is 11.4. The molecule has 1 fully saturated rings. The van der Waals surface area contributed by atoms with E-state index in [4.69, 9.17) is 10.5 Å². The molecule has 0 aromatic carbocycles. The van der Waals surface area contributed by atoms with Gasteiger partial charge in [0.25, 0.3) is 0 Å². The molecule has 0 bridgehead atoms. The topological polar surface area (TPSA) is 76.4 Å². The fraction of sp³-hybridized carbons (Fsp3) is 0.875. The molecule has 2 atom stereocenters. The molecule has 6 heteroatoms. The second-order valence-electron chi connectivity index (χ2n) is 3.30. The number of hydrogen-bond acceptors (Lipinski definition) is 4. The Morgan fingerprint density at radius 1 is 1.79 bits per heavy atom. The van der Waals surface area contributed by atoms with Crippen molar-refractivity contribution in [3.05, 3.63) is 0 Å². The molecular formula is C8H18ClN3O2. The number of amides is 1. The van der Waals surface area contributed by atoms with Gasteiger partial charge in [0.15, 0.2) is 0 Å². The molecule has 0 aliphatic carbocycles. The highest BCUT2D eigenvalue weighted by Crippen LogP contribution is 1.92. The van der Waals surface area contributed by atoms with E-state index in [-0.39, 0.29) is 30.4 Å². The van der Waals surface area contributed by atoms with Gasteiger partial charge >= 0.3 is 0 Å². The number of morpholine rings is 1. The Morgan fingerprint density at radius 2 is 2.50 bits per heavy atom. The largest absolute Gasteiger partial charge is 0.378 e. The van der Waals surface area contributed by atoms with Crippen LogP contribution in [0.4, 0.5) is 0 Å². The Balaban J connectivity index is 0.00000169. The maximum Gasteiger partial charge on any atom is 0.239 e. The van der Waals surface area contributed by atoms with Gasteiger partial charge in [0.1, 0.15) is 6.04 Å². The molecule has 0 radical (unpaired) electrons. The molecule has 1 aliphatic heterocycles. The predicted molar refractivity (Wildman–Crippen MR) is 56.5 cm³/mol. The lowest BCUT2D eigenvalue weighted by molar-refractivity contribution is -0.125. The van der Waals surface area contributed by atoms with Crippen molar-refractivity contribution < 1.29 is 9.53 Å². The van der Waals surface area contributed by atoms with Crippen molar-refractivity contribution in [3.63, 3.8) is 0 Å². The third-order valence-corrected chi connectivity index (χ3v) is 1.84. The second-order valence-corrected chi connectivity index (χ2v) is 3.30. The smallest absolute Gasteiger partial charge is 0.239 e. The Kier molecular flexibility index (Phi) is 6.82. The summed E-state index contributed by atoms with van der Waals surface area (Å²) in [7, 11) is 0. The Hall–Kier alpha value is -0.360. The van der Waals surface area contributed by atoms with Crippen LogP contribution in [0.25, 0.3) is 0 Å². The van der Waals surface area contributed by atoms with Crippen LogP contribution in [0.15, 0.2) is 0 Å². The number of carbonyl (C=O) groups excluding carboxylic acids is 1. The number of hydrogen-bond donors (Lipinski definition) is 3. The summed E-state index contributed by atoms with van der Waals surface area (Å²) in [5.41, 5.74) is 5.50. The van der Waals surface area contributed by atoms with Crippen LogP contribution in [0.1, 0.15) is 6.92 Å². The summed E-state index contributed by atoms with van der Waals surface area (Å²) in [6.45, 7) is 4.22. The highest BCUT2D eigenvalue weighted by molar-refractivity contribution is 5.85. The van der Waals surface area contributed by atoms with Gasteiger partial charge in [-0.25, -0.2) is 0 Å². The molecule has 1 heterocycles. The minimum atomic E-state index is -0.215. The van der Waals surface area contributed by atoms with Crippen molar-refractivity contribution in [1.29, 1.82) is 0 Å². The average Bonchev–Trinajstić information content (AvgIpc) is 2.15. The molecule has 14 heavy (non-hydrogen) atoms. The highest BCUT2D eigenvalue weighted by atomic mass is 35.5. The third kappa shape index (κ3) is 4.76. The number of ether oxygens (including phenoxy) is 1. The monoisotopic (exact) mass is 223 g/mol. The van der Waals surface area contributed by atoms with Crippen LogP contribution in [-0.4, -0.2) is 44.3 Å². The average molecular weight is 224 g/mol. The molecule has 2 unspecified atom stereocenters. The third-order valence-electron chi connectivity index (χ3n) is 1.84. The lowest BCUT2D eigenvalue weighted by atomic mass is 10.2. The maximum absolute atomic E-state index is 11.4. The standard InChI is InChI=1S/C8H17N3O2.ClH/c1-6(9)4-11-8(12)7-5-13-3-2-10-7;/h6-7,10H,2-5,9H2,1H3,(H,11,12);1H. The van der Waals surface area contributed by atoms with Gasteiger partial charge in [0, 0.05) is 19.1 Å². The van der Waals surface area contributed by atoms with E-state index >= 15 is 0 Å². The first-order chi connectivity index (χ1) is 6.20. The van der Waals surface area contributed by atoms with Crippen molar-refractivity contribution >= 4 is 18.3 Å². The number of rotatable bonds is 3. The zero-order valence-corrected chi connectivity index (χ0v) is 9.10. The number of halogens is 1. The van der Waals surface area contributed by atoms with Gasteiger partial charge < -0.3 is 21.1 Å².